The number of nitrogens with two attached hydrogens (primary N) is 1. The predicted octanol–water partition coefficient (Wildman–Crippen LogP) is 4.24. The number of aryl methyl sites for hydroxylation is 1. The molecule has 3 N–H and O–H groups in total. The van der Waals surface area contributed by atoms with E-state index in [-0.39, 0.29) is 5.37 Å². The van der Waals surface area contributed by atoms with Crippen LogP contribution in [0, 0.1) is 13.8 Å². The molecule has 0 aromatic heterocycles. The molecule has 0 saturated heterocycles. The van der Waals surface area contributed by atoms with E-state index in [0.29, 0.717) is 17.9 Å². The molecule has 1 unspecified atom stereocenters. The van der Waals surface area contributed by atoms with Gasteiger partial charge in [-0.05, 0) is 50.7 Å². The number of hydrogen-bond donors (Lipinski definition) is 2. The summed E-state index contributed by atoms with van der Waals surface area (Å²) in [5, 5.41) is 22.4. The van der Waals surface area contributed by atoms with Crippen molar-refractivity contribution in [2.75, 3.05) is 12.3 Å². The van der Waals surface area contributed by atoms with Gasteiger partial charge in [0.2, 0.25) is 0 Å². The summed E-state index contributed by atoms with van der Waals surface area (Å²) in [6, 6.07) is 1.83. The largest absolute Gasteiger partial charge is 0.493 e. The molecule has 7 heteroatoms. The van der Waals surface area contributed by atoms with Crippen LogP contribution in [0.2, 0.25) is 0 Å². The maximum atomic E-state index is 8.75. The molecule has 0 bridgehead atoms. The predicted molar refractivity (Wildman–Crippen MR) is 94.4 cm³/mol. The standard InChI is InChI=1S/C16H22N4O2S/c1-10-7-15(17)14(8-18-21)11(2)16(10)22-6-4-5-13-9-23-12(3)19-20-13/h7-9,12,21H,4-6,17H2,1-3H3. The van der Waals surface area contributed by atoms with Crippen LogP contribution >= 0.6 is 11.8 Å². The number of rotatable bonds is 6. The Labute approximate surface area is 140 Å². The molecular weight excluding hydrogens is 312 g/mol. The van der Waals surface area contributed by atoms with Crippen molar-refractivity contribution in [3.8, 4) is 5.75 Å². The third-order valence-electron chi connectivity index (χ3n) is 3.55. The van der Waals surface area contributed by atoms with Gasteiger partial charge in [-0.15, -0.1) is 11.8 Å². The van der Waals surface area contributed by atoms with Gasteiger partial charge in [0.15, 0.2) is 0 Å². The number of thioether (sulfide) groups is 1. The van der Waals surface area contributed by atoms with E-state index < -0.39 is 0 Å². The van der Waals surface area contributed by atoms with Gasteiger partial charge in [0, 0.05) is 16.8 Å². The zero-order valence-electron chi connectivity index (χ0n) is 13.6. The average molecular weight is 334 g/mol. The molecule has 0 radical (unpaired) electrons. The second-order valence-electron chi connectivity index (χ2n) is 5.41. The summed E-state index contributed by atoms with van der Waals surface area (Å²) in [4.78, 5) is 0. The number of benzene rings is 1. The van der Waals surface area contributed by atoms with Crippen molar-refractivity contribution < 1.29 is 9.94 Å². The van der Waals surface area contributed by atoms with Crippen molar-refractivity contribution in [3.63, 3.8) is 0 Å². The van der Waals surface area contributed by atoms with Crippen LogP contribution in [0.25, 0.3) is 0 Å². The van der Waals surface area contributed by atoms with Crippen LogP contribution in [0.4, 0.5) is 5.69 Å². The minimum atomic E-state index is 0.210. The Morgan fingerprint density at radius 1 is 1.48 bits per heavy atom. The first-order valence-electron chi connectivity index (χ1n) is 7.48. The Kier molecular flexibility index (Phi) is 6.04. The van der Waals surface area contributed by atoms with Gasteiger partial charge >= 0.3 is 0 Å². The number of allylic oxidation sites excluding steroid dienone is 1. The van der Waals surface area contributed by atoms with Crippen molar-refractivity contribution >= 4 is 23.7 Å². The number of nitrogens with zero attached hydrogens (tertiary/aromatic N) is 3. The molecule has 2 rings (SSSR count). The molecular formula is C16H22N4O2S. The molecule has 1 aliphatic heterocycles. The molecule has 0 spiro atoms. The van der Waals surface area contributed by atoms with E-state index in [2.05, 4.69) is 20.8 Å². The maximum Gasteiger partial charge on any atom is 0.125 e. The monoisotopic (exact) mass is 334 g/mol. The second kappa shape index (κ2) is 8.01. The molecule has 0 saturated carbocycles. The smallest absolute Gasteiger partial charge is 0.125 e. The number of anilines is 1. The van der Waals surface area contributed by atoms with Gasteiger partial charge < -0.3 is 15.7 Å². The average Bonchev–Trinajstić information content (AvgIpc) is 2.52. The van der Waals surface area contributed by atoms with Gasteiger partial charge in [-0.1, -0.05) is 5.16 Å². The fourth-order valence-corrected chi connectivity index (χ4v) is 3.00. The highest BCUT2D eigenvalue weighted by Gasteiger charge is 2.12. The highest BCUT2D eigenvalue weighted by atomic mass is 32.2. The van der Waals surface area contributed by atoms with Crippen LogP contribution in [0.5, 0.6) is 5.75 Å². The Morgan fingerprint density at radius 3 is 2.91 bits per heavy atom. The molecule has 0 aliphatic carbocycles. The van der Waals surface area contributed by atoms with E-state index in [1.165, 1.54) is 6.21 Å². The highest BCUT2D eigenvalue weighted by Crippen LogP contribution is 2.30. The lowest BCUT2D eigenvalue weighted by atomic mass is 10.0. The lowest BCUT2D eigenvalue weighted by Gasteiger charge is -2.16. The number of nitrogen functional groups attached to an aromatic ring is 1. The minimum Gasteiger partial charge on any atom is -0.493 e. The van der Waals surface area contributed by atoms with E-state index in [4.69, 9.17) is 15.7 Å². The Morgan fingerprint density at radius 2 is 2.26 bits per heavy atom. The van der Waals surface area contributed by atoms with Crippen LogP contribution in [0.1, 0.15) is 36.5 Å². The summed E-state index contributed by atoms with van der Waals surface area (Å²) < 4.78 is 5.92. The topological polar surface area (TPSA) is 92.6 Å². The first kappa shape index (κ1) is 17.3. The SMILES string of the molecule is Cc1cc(N)c(C=NO)c(C)c1OCCCC1=CSC(C)N=N1. The van der Waals surface area contributed by atoms with Crippen molar-refractivity contribution in [1.29, 1.82) is 0 Å². The van der Waals surface area contributed by atoms with Crippen molar-refractivity contribution in [3.05, 3.63) is 33.9 Å². The zero-order chi connectivity index (χ0) is 16.8. The summed E-state index contributed by atoms with van der Waals surface area (Å²) >= 11 is 1.68. The Bertz CT molecular complexity index is 656. The van der Waals surface area contributed by atoms with E-state index >= 15 is 0 Å². The summed E-state index contributed by atoms with van der Waals surface area (Å²) in [5.41, 5.74) is 10.0. The van der Waals surface area contributed by atoms with Crippen LogP contribution < -0.4 is 10.5 Å². The van der Waals surface area contributed by atoms with E-state index in [1.807, 2.05) is 26.8 Å². The molecule has 1 aromatic rings. The molecule has 1 aliphatic rings. The molecule has 1 atom stereocenters. The fourth-order valence-electron chi connectivity index (χ4n) is 2.38. The van der Waals surface area contributed by atoms with Gasteiger partial charge in [-0.25, -0.2) is 0 Å². The molecule has 0 fully saturated rings. The summed E-state index contributed by atoms with van der Waals surface area (Å²) in [7, 11) is 0. The van der Waals surface area contributed by atoms with Crippen LogP contribution in [0.15, 0.2) is 32.6 Å². The van der Waals surface area contributed by atoms with E-state index in [0.717, 1.165) is 35.4 Å². The molecule has 124 valence electrons. The van der Waals surface area contributed by atoms with E-state index in [9.17, 15) is 0 Å². The number of hydrogen-bond acceptors (Lipinski definition) is 7. The zero-order valence-corrected chi connectivity index (χ0v) is 14.4. The quantitative estimate of drug-likeness (QED) is 0.267. The van der Waals surface area contributed by atoms with Crippen LogP contribution in [0.3, 0.4) is 0 Å². The van der Waals surface area contributed by atoms with Crippen molar-refractivity contribution in [1.82, 2.24) is 0 Å². The van der Waals surface area contributed by atoms with Gasteiger partial charge in [0.25, 0.3) is 0 Å². The summed E-state index contributed by atoms with van der Waals surface area (Å²) in [6.45, 7) is 6.46. The lowest BCUT2D eigenvalue weighted by molar-refractivity contribution is 0.306. The molecule has 1 aromatic carbocycles. The van der Waals surface area contributed by atoms with E-state index in [1.54, 1.807) is 11.8 Å². The normalized spacial score (nSPS) is 17.5. The lowest BCUT2D eigenvalue weighted by Crippen LogP contribution is -2.05. The van der Waals surface area contributed by atoms with Gasteiger partial charge in [-0.2, -0.15) is 10.2 Å². The maximum absolute atomic E-state index is 8.75. The molecule has 1 heterocycles. The highest BCUT2D eigenvalue weighted by molar-refractivity contribution is 8.02. The molecule has 6 nitrogen and oxygen atoms in total. The second-order valence-corrected chi connectivity index (χ2v) is 6.60. The van der Waals surface area contributed by atoms with Crippen molar-refractivity contribution in [2.45, 2.75) is 39.0 Å². The number of oxime groups is 1. The third kappa shape index (κ3) is 4.48. The fraction of sp³-hybridized carbons (Fsp3) is 0.438. The van der Waals surface area contributed by atoms with Crippen LogP contribution in [-0.4, -0.2) is 23.4 Å². The first-order valence-corrected chi connectivity index (χ1v) is 8.42. The summed E-state index contributed by atoms with van der Waals surface area (Å²) in [5.74, 6) is 0.788. The van der Waals surface area contributed by atoms with Gasteiger partial charge in [0.1, 0.15) is 11.1 Å². The van der Waals surface area contributed by atoms with Gasteiger partial charge in [0.05, 0.1) is 18.5 Å². The molecule has 0 amide bonds. The van der Waals surface area contributed by atoms with Crippen LogP contribution in [-0.2, 0) is 0 Å². The Balaban J connectivity index is 1.96. The molecule has 23 heavy (non-hydrogen) atoms. The third-order valence-corrected chi connectivity index (χ3v) is 4.44. The minimum absolute atomic E-state index is 0.210. The van der Waals surface area contributed by atoms with Gasteiger partial charge in [-0.3, -0.25) is 0 Å². The number of ether oxygens (including phenoxy) is 1. The summed E-state index contributed by atoms with van der Waals surface area (Å²) in [6.07, 6.45) is 3.02. The van der Waals surface area contributed by atoms with Crippen molar-refractivity contribution in [2.24, 2.45) is 15.4 Å². The Hall–Kier alpha value is -2.02. The number of azo groups is 1. The first-order chi connectivity index (χ1) is 11.0.